The summed E-state index contributed by atoms with van der Waals surface area (Å²) in [5.41, 5.74) is 0. The fraction of sp³-hybridized carbons (Fsp3) is 0.333. The predicted molar refractivity (Wildman–Crippen MR) is 58.9 cm³/mol. The Morgan fingerprint density at radius 2 is 2.13 bits per heavy atom. The lowest BCUT2D eigenvalue weighted by Crippen LogP contribution is -2.23. The summed E-state index contributed by atoms with van der Waals surface area (Å²) in [4.78, 5) is 0.134. The second-order valence-electron chi connectivity index (χ2n) is 2.80. The highest BCUT2D eigenvalue weighted by Gasteiger charge is 2.14. The van der Waals surface area contributed by atoms with Gasteiger partial charge in [-0.3, -0.25) is 0 Å². The molecule has 84 valence electrons. The molecular formula is C9H12ClNO3S. The molecule has 0 unspecified atom stereocenters. The molecule has 6 heteroatoms. The standard InChI is InChI=1S/C9H12ClNO3S/c1-3-11-15(12,13)7-4-5-9(14-2)8(10)6-7/h4-6,11H,3H2,1-2H3. The fourth-order valence-corrected chi connectivity index (χ4v) is 2.48. The number of hydrogen-bond acceptors (Lipinski definition) is 3. The van der Waals surface area contributed by atoms with Crippen molar-refractivity contribution in [2.75, 3.05) is 13.7 Å². The number of ether oxygens (including phenoxy) is 1. The molecule has 0 fully saturated rings. The van der Waals surface area contributed by atoms with Gasteiger partial charge < -0.3 is 4.74 Å². The summed E-state index contributed by atoms with van der Waals surface area (Å²) in [5.74, 6) is 0.451. The number of hydrogen-bond donors (Lipinski definition) is 1. The molecular weight excluding hydrogens is 238 g/mol. The Morgan fingerprint density at radius 3 is 2.60 bits per heavy atom. The summed E-state index contributed by atoms with van der Waals surface area (Å²) in [6, 6.07) is 4.33. The Kier molecular flexibility index (Phi) is 3.96. The van der Waals surface area contributed by atoms with Crippen LogP contribution in [0.2, 0.25) is 5.02 Å². The molecule has 4 nitrogen and oxygen atoms in total. The van der Waals surface area contributed by atoms with Crippen molar-refractivity contribution in [2.24, 2.45) is 0 Å². The largest absolute Gasteiger partial charge is 0.495 e. The van der Waals surface area contributed by atoms with E-state index < -0.39 is 10.0 Å². The molecule has 0 amide bonds. The Bertz CT molecular complexity index is 445. The van der Waals surface area contributed by atoms with Crippen LogP contribution in [0.3, 0.4) is 0 Å². The summed E-state index contributed by atoms with van der Waals surface area (Å²) < 4.78 is 30.4. The third-order valence-electron chi connectivity index (χ3n) is 1.77. The van der Waals surface area contributed by atoms with Crippen molar-refractivity contribution in [2.45, 2.75) is 11.8 Å². The maximum Gasteiger partial charge on any atom is 0.240 e. The molecule has 1 N–H and O–H groups in total. The molecule has 15 heavy (non-hydrogen) atoms. The summed E-state index contributed by atoms with van der Waals surface area (Å²) in [5, 5.41) is 0.275. The molecule has 0 aliphatic rings. The first-order valence-corrected chi connectivity index (χ1v) is 6.20. The Labute approximate surface area is 94.3 Å². The summed E-state index contributed by atoms with van der Waals surface area (Å²) in [6.45, 7) is 2.05. The van der Waals surface area contributed by atoms with Gasteiger partial charge in [-0.1, -0.05) is 18.5 Å². The maximum absolute atomic E-state index is 11.6. The SMILES string of the molecule is CCNS(=O)(=O)c1ccc(OC)c(Cl)c1. The van der Waals surface area contributed by atoms with Crippen molar-refractivity contribution in [1.29, 1.82) is 0 Å². The Hall–Kier alpha value is -0.780. The molecule has 0 aliphatic carbocycles. The quantitative estimate of drug-likeness (QED) is 0.883. The van der Waals surface area contributed by atoms with Gasteiger partial charge in [-0.2, -0.15) is 0 Å². The number of halogens is 1. The van der Waals surface area contributed by atoms with Crippen LogP contribution >= 0.6 is 11.6 Å². The first kappa shape index (κ1) is 12.3. The van der Waals surface area contributed by atoms with E-state index in [4.69, 9.17) is 16.3 Å². The Morgan fingerprint density at radius 1 is 1.47 bits per heavy atom. The van der Waals surface area contributed by atoms with E-state index in [2.05, 4.69) is 4.72 Å². The van der Waals surface area contributed by atoms with Crippen molar-refractivity contribution in [3.63, 3.8) is 0 Å². The molecule has 0 atom stereocenters. The Balaban J connectivity index is 3.13. The monoisotopic (exact) mass is 249 g/mol. The van der Waals surface area contributed by atoms with E-state index in [9.17, 15) is 8.42 Å². The third-order valence-corrected chi connectivity index (χ3v) is 3.61. The second-order valence-corrected chi connectivity index (χ2v) is 4.97. The predicted octanol–water partition coefficient (Wildman–Crippen LogP) is 1.65. The summed E-state index contributed by atoms with van der Waals surface area (Å²) in [7, 11) is -1.98. The highest BCUT2D eigenvalue weighted by Crippen LogP contribution is 2.26. The van der Waals surface area contributed by atoms with Crippen LogP contribution < -0.4 is 9.46 Å². The zero-order valence-corrected chi connectivity index (χ0v) is 10.0. The van der Waals surface area contributed by atoms with E-state index in [0.717, 1.165) is 0 Å². The van der Waals surface area contributed by atoms with E-state index in [1.54, 1.807) is 6.92 Å². The fourth-order valence-electron chi connectivity index (χ4n) is 1.09. The summed E-state index contributed by atoms with van der Waals surface area (Å²) >= 11 is 5.82. The van der Waals surface area contributed by atoms with Crippen molar-refractivity contribution in [1.82, 2.24) is 4.72 Å². The molecule has 0 spiro atoms. The average Bonchev–Trinajstić information content (AvgIpc) is 2.17. The van der Waals surface area contributed by atoms with Gasteiger partial charge in [0, 0.05) is 6.54 Å². The molecule has 0 aliphatic heterocycles. The molecule has 1 rings (SSSR count). The highest BCUT2D eigenvalue weighted by molar-refractivity contribution is 7.89. The van der Waals surface area contributed by atoms with Crippen LogP contribution in [-0.2, 0) is 10.0 Å². The van der Waals surface area contributed by atoms with Gasteiger partial charge in [0.25, 0.3) is 0 Å². The van der Waals surface area contributed by atoms with E-state index in [1.165, 1.54) is 25.3 Å². The molecule has 0 bridgehead atoms. The normalized spacial score (nSPS) is 11.4. The number of sulfonamides is 1. The summed E-state index contributed by atoms with van der Waals surface area (Å²) in [6.07, 6.45) is 0. The smallest absolute Gasteiger partial charge is 0.240 e. The molecule has 0 heterocycles. The van der Waals surface area contributed by atoms with Crippen LogP contribution in [0.25, 0.3) is 0 Å². The number of rotatable bonds is 4. The van der Waals surface area contributed by atoms with E-state index in [-0.39, 0.29) is 9.92 Å². The van der Waals surface area contributed by atoms with Gasteiger partial charge in [0.1, 0.15) is 5.75 Å². The second kappa shape index (κ2) is 4.83. The van der Waals surface area contributed by atoms with E-state index >= 15 is 0 Å². The van der Waals surface area contributed by atoms with Crippen molar-refractivity contribution >= 4 is 21.6 Å². The number of methoxy groups -OCH3 is 1. The lowest BCUT2D eigenvalue weighted by atomic mass is 10.3. The molecule has 0 radical (unpaired) electrons. The zero-order chi connectivity index (χ0) is 11.5. The van der Waals surface area contributed by atoms with Crippen LogP contribution in [0.1, 0.15) is 6.92 Å². The minimum Gasteiger partial charge on any atom is -0.495 e. The highest BCUT2D eigenvalue weighted by atomic mass is 35.5. The average molecular weight is 250 g/mol. The van der Waals surface area contributed by atoms with Crippen molar-refractivity contribution < 1.29 is 13.2 Å². The van der Waals surface area contributed by atoms with Crippen LogP contribution in [0.5, 0.6) is 5.75 Å². The number of nitrogens with one attached hydrogen (secondary N) is 1. The van der Waals surface area contributed by atoms with Gasteiger partial charge in [0.15, 0.2) is 0 Å². The first-order chi connectivity index (χ1) is 7.01. The lowest BCUT2D eigenvalue weighted by molar-refractivity contribution is 0.414. The zero-order valence-electron chi connectivity index (χ0n) is 8.45. The van der Waals surface area contributed by atoms with Gasteiger partial charge in [-0.05, 0) is 18.2 Å². The van der Waals surface area contributed by atoms with Crippen LogP contribution in [0.15, 0.2) is 23.1 Å². The topological polar surface area (TPSA) is 55.4 Å². The molecule has 1 aromatic carbocycles. The minimum absolute atomic E-state index is 0.134. The van der Waals surface area contributed by atoms with Crippen LogP contribution in [0.4, 0.5) is 0 Å². The van der Waals surface area contributed by atoms with Crippen molar-refractivity contribution in [3.8, 4) is 5.75 Å². The minimum atomic E-state index is -3.45. The van der Waals surface area contributed by atoms with Crippen LogP contribution in [0, 0.1) is 0 Å². The van der Waals surface area contributed by atoms with Crippen LogP contribution in [-0.4, -0.2) is 22.1 Å². The van der Waals surface area contributed by atoms with Gasteiger partial charge >= 0.3 is 0 Å². The van der Waals surface area contributed by atoms with E-state index in [1.807, 2.05) is 0 Å². The van der Waals surface area contributed by atoms with Gasteiger partial charge in [0.05, 0.1) is 17.0 Å². The van der Waals surface area contributed by atoms with Gasteiger partial charge in [-0.25, -0.2) is 13.1 Å². The van der Waals surface area contributed by atoms with Gasteiger partial charge in [0.2, 0.25) is 10.0 Å². The van der Waals surface area contributed by atoms with Gasteiger partial charge in [-0.15, -0.1) is 0 Å². The first-order valence-electron chi connectivity index (χ1n) is 4.34. The number of benzene rings is 1. The molecule has 0 saturated carbocycles. The molecule has 1 aromatic rings. The molecule has 0 saturated heterocycles. The maximum atomic E-state index is 11.6. The molecule has 0 aromatic heterocycles. The lowest BCUT2D eigenvalue weighted by Gasteiger charge is -2.07. The third kappa shape index (κ3) is 2.84. The van der Waals surface area contributed by atoms with E-state index in [0.29, 0.717) is 12.3 Å². The van der Waals surface area contributed by atoms with Crippen molar-refractivity contribution in [3.05, 3.63) is 23.2 Å².